The minimum atomic E-state index is -0.578. The third-order valence-corrected chi connectivity index (χ3v) is 2.26. The van der Waals surface area contributed by atoms with Gasteiger partial charge in [-0.25, -0.2) is 4.39 Å². The van der Waals surface area contributed by atoms with Crippen molar-refractivity contribution in [3.8, 4) is 0 Å². The fourth-order valence-corrected chi connectivity index (χ4v) is 1.26. The summed E-state index contributed by atoms with van der Waals surface area (Å²) in [6, 6.07) is 4.19. The number of carbonyl (C=O) groups is 1. The van der Waals surface area contributed by atoms with Crippen LogP contribution in [0.4, 0.5) is 10.1 Å². The Balaban J connectivity index is 2.84. The number of nitrogens with zero attached hydrogens (tertiary/aromatic N) is 1. The lowest BCUT2D eigenvalue weighted by Crippen LogP contribution is -2.30. The van der Waals surface area contributed by atoms with Gasteiger partial charge in [0.2, 0.25) is 0 Å². The topological polar surface area (TPSA) is 55.6 Å². The molecule has 0 bridgehead atoms. The Labute approximate surface area is 93.8 Å². The molecule has 0 saturated carbocycles. The Bertz CT molecular complexity index is 382. The molecular formula is C11H15FN2O2. The summed E-state index contributed by atoms with van der Waals surface area (Å²) >= 11 is 0. The number of hydrogen-bond donors (Lipinski definition) is 1. The van der Waals surface area contributed by atoms with Crippen molar-refractivity contribution >= 4 is 11.6 Å². The van der Waals surface area contributed by atoms with Crippen LogP contribution in [0.1, 0.15) is 10.4 Å². The number of amides is 1. The molecule has 1 amide bonds. The second-order valence-corrected chi connectivity index (χ2v) is 3.42. The Hall–Kier alpha value is -1.62. The highest BCUT2D eigenvalue weighted by Crippen LogP contribution is 2.17. The summed E-state index contributed by atoms with van der Waals surface area (Å²) in [5, 5.41) is 0. The second kappa shape index (κ2) is 5.46. The summed E-state index contributed by atoms with van der Waals surface area (Å²) in [5.41, 5.74) is 5.56. The van der Waals surface area contributed by atoms with E-state index in [1.807, 2.05) is 0 Å². The zero-order valence-electron chi connectivity index (χ0n) is 9.37. The van der Waals surface area contributed by atoms with Gasteiger partial charge in [-0.2, -0.15) is 0 Å². The molecule has 0 aliphatic heterocycles. The lowest BCUT2D eigenvalue weighted by atomic mass is 10.1. The molecule has 0 heterocycles. The first-order valence-electron chi connectivity index (χ1n) is 4.86. The maximum Gasteiger partial charge on any atom is 0.255 e. The molecule has 0 radical (unpaired) electrons. The maximum atomic E-state index is 13.1. The van der Waals surface area contributed by atoms with Crippen LogP contribution < -0.4 is 5.73 Å². The van der Waals surface area contributed by atoms with Gasteiger partial charge in [-0.05, 0) is 12.1 Å². The van der Waals surface area contributed by atoms with Crippen molar-refractivity contribution in [2.45, 2.75) is 0 Å². The molecule has 0 unspecified atom stereocenters. The number of hydrogen-bond acceptors (Lipinski definition) is 3. The Morgan fingerprint density at radius 2 is 2.25 bits per heavy atom. The van der Waals surface area contributed by atoms with Crippen LogP contribution in [0.2, 0.25) is 0 Å². The van der Waals surface area contributed by atoms with E-state index < -0.39 is 5.82 Å². The first-order valence-corrected chi connectivity index (χ1v) is 4.86. The minimum Gasteiger partial charge on any atom is -0.396 e. The summed E-state index contributed by atoms with van der Waals surface area (Å²) < 4.78 is 18.0. The molecule has 16 heavy (non-hydrogen) atoms. The van der Waals surface area contributed by atoms with E-state index in [-0.39, 0.29) is 17.2 Å². The molecule has 0 fully saturated rings. The summed E-state index contributed by atoms with van der Waals surface area (Å²) in [6.07, 6.45) is 0. The largest absolute Gasteiger partial charge is 0.396 e. The SMILES string of the molecule is COCCN(C)C(=O)c1cccc(F)c1N. The maximum absolute atomic E-state index is 13.1. The minimum absolute atomic E-state index is 0.114. The average molecular weight is 226 g/mol. The zero-order chi connectivity index (χ0) is 12.1. The number of methoxy groups -OCH3 is 1. The number of anilines is 1. The van der Waals surface area contributed by atoms with Crippen molar-refractivity contribution in [2.24, 2.45) is 0 Å². The number of ether oxygens (including phenoxy) is 1. The van der Waals surface area contributed by atoms with Crippen LogP contribution in [0, 0.1) is 5.82 Å². The van der Waals surface area contributed by atoms with E-state index >= 15 is 0 Å². The van der Waals surface area contributed by atoms with E-state index in [2.05, 4.69) is 0 Å². The van der Waals surface area contributed by atoms with Gasteiger partial charge in [0.15, 0.2) is 0 Å². The van der Waals surface area contributed by atoms with Gasteiger partial charge in [0.05, 0.1) is 17.9 Å². The first-order chi connectivity index (χ1) is 7.57. The highest BCUT2D eigenvalue weighted by atomic mass is 19.1. The predicted octanol–water partition coefficient (Wildman–Crippen LogP) is 1.13. The van der Waals surface area contributed by atoms with Crippen molar-refractivity contribution in [1.82, 2.24) is 4.90 Å². The number of halogens is 1. The van der Waals surface area contributed by atoms with Gasteiger partial charge < -0.3 is 15.4 Å². The highest BCUT2D eigenvalue weighted by molar-refractivity contribution is 5.99. The molecule has 1 aromatic rings. The van der Waals surface area contributed by atoms with Gasteiger partial charge in [0.1, 0.15) is 5.82 Å². The molecule has 0 spiro atoms. The number of para-hydroxylation sites is 1. The highest BCUT2D eigenvalue weighted by Gasteiger charge is 2.16. The number of rotatable bonds is 4. The zero-order valence-corrected chi connectivity index (χ0v) is 9.37. The third-order valence-electron chi connectivity index (χ3n) is 2.26. The van der Waals surface area contributed by atoms with Crippen LogP contribution in [0.15, 0.2) is 18.2 Å². The van der Waals surface area contributed by atoms with Gasteiger partial charge in [0.25, 0.3) is 5.91 Å². The lowest BCUT2D eigenvalue weighted by molar-refractivity contribution is 0.0745. The van der Waals surface area contributed by atoms with Crippen LogP contribution in [0.25, 0.3) is 0 Å². The number of carbonyl (C=O) groups excluding carboxylic acids is 1. The van der Waals surface area contributed by atoms with Crippen LogP contribution in [0.5, 0.6) is 0 Å². The first kappa shape index (κ1) is 12.4. The van der Waals surface area contributed by atoms with E-state index in [1.54, 1.807) is 14.2 Å². The Morgan fingerprint density at radius 1 is 1.56 bits per heavy atom. The summed E-state index contributed by atoms with van der Waals surface area (Å²) in [4.78, 5) is 13.3. The summed E-state index contributed by atoms with van der Waals surface area (Å²) in [6.45, 7) is 0.864. The van der Waals surface area contributed by atoms with Crippen LogP contribution in [-0.4, -0.2) is 38.1 Å². The number of nitrogens with two attached hydrogens (primary N) is 1. The van der Waals surface area contributed by atoms with Gasteiger partial charge in [-0.15, -0.1) is 0 Å². The van der Waals surface area contributed by atoms with Crippen LogP contribution in [0.3, 0.4) is 0 Å². The van der Waals surface area contributed by atoms with Gasteiger partial charge >= 0.3 is 0 Å². The molecular weight excluding hydrogens is 211 g/mol. The molecule has 4 nitrogen and oxygen atoms in total. The fourth-order valence-electron chi connectivity index (χ4n) is 1.26. The van der Waals surface area contributed by atoms with Gasteiger partial charge in [-0.1, -0.05) is 6.07 Å². The van der Waals surface area contributed by atoms with E-state index in [4.69, 9.17) is 10.5 Å². The third kappa shape index (κ3) is 2.70. The molecule has 5 heteroatoms. The lowest BCUT2D eigenvalue weighted by Gasteiger charge is -2.17. The normalized spacial score (nSPS) is 10.2. The molecule has 0 atom stereocenters. The molecule has 2 N–H and O–H groups in total. The van der Waals surface area contributed by atoms with Gasteiger partial charge in [0, 0.05) is 20.7 Å². The molecule has 1 aromatic carbocycles. The van der Waals surface area contributed by atoms with Crippen molar-refractivity contribution in [2.75, 3.05) is 33.0 Å². The van der Waals surface area contributed by atoms with Crippen molar-refractivity contribution in [3.63, 3.8) is 0 Å². The van der Waals surface area contributed by atoms with E-state index in [0.717, 1.165) is 0 Å². The predicted molar refractivity (Wildman–Crippen MR) is 59.6 cm³/mol. The fraction of sp³-hybridized carbons (Fsp3) is 0.364. The molecule has 1 rings (SSSR count). The molecule has 0 aliphatic carbocycles. The summed E-state index contributed by atoms with van der Waals surface area (Å²) in [5.74, 6) is -0.889. The molecule has 0 aromatic heterocycles. The van der Waals surface area contributed by atoms with Gasteiger partial charge in [-0.3, -0.25) is 4.79 Å². The van der Waals surface area contributed by atoms with Crippen LogP contribution >= 0.6 is 0 Å². The monoisotopic (exact) mass is 226 g/mol. The average Bonchev–Trinajstić information content (AvgIpc) is 2.28. The Morgan fingerprint density at radius 3 is 2.88 bits per heavy atom. The van der Waals surface area contributed by atoms with Crippen LogP contribution in [-0.2, 0) is 4.74 Å². The number of nitrogen functional groups attached to an aromatic ring is 1. The standard InChI is InChI=1S/C11H15FN2O2/c1-14(6-7-16-2)11(15)8-4-3-5-9(12)10(8)13/h3-5H,6-7,13H2,1-2H3. The quantitative estimate of drug-likeness (QED) is 0.783. The van der Waals surface area contributed by atoms with Crippen molar-refractivity contribution < 1.29 is 13.9 Å². The molecule has 0 saturated heterocycles. The molecule has 88 valence electrons. The molecule has 0 aliphatic rings. The van der Waals surface area contributed by atoms with Crippen molar-refractivity contribution in [1.29, 1.82) is 0 Å². The Kier molecular flexibility index (Phi) is 4.25. The second-order valence-electron chi connectivity index (χ2n) is 3.42. The number of likely N-dealkylation sites (N-methyl/N-ethyl adjacent to an activating group) is 1. The van der Waals surface area contributed by atoms with Crippen molar-refractivity contribution in [3.05, 3.63) is 29.6 Å². The smallest absolute Gasteiger partial charge is 0.255 e. The number of benzene rings is 1. The summed E-state index contributed by atoms with van der Waals surface area (Å²) in [7, 11) is 3.17. The van der Waals surface area contributed by atoms with E-state index in [1.165, 1.54) is 23.1 Å². The van der Waals surface area contributed by atoms with E-state index in [0.29, 0.717) is 13.2 Å². The van der Waals surface area contributed by atoms with E-state index in [9.17, 15) is 9.18 Å².